The molecule has 0 radical (unpaired) electrons. The van der Waals surface area contributed by atoms with E-state index >= 15 is 0 Å². The molecule has 37 heavy (non-hydrogen) atoms. The van der Waals surface area contributed by atoms with Crippen LogP contribution in [0, 0.1) is 24.0 Å². The van der Waals surface area contributed by atoms with E-state index in [0.717, 1.165) is 56.2 Å². The fraction of sp³-hybridized carbons (Fsp3) is 0.571. The zero-order valence-electron chi connectivity index (χ0n) is 21.8. The van der Waals surface area contributed by atoms with E-state index in [1.807, 2.05) is 7.05 Å². The molecule has 9 heteroatoms. The zero-order chi connectivity index (χ0) is 25.7. The Kier molecular flexibility index (Phi) is 6.15. The van der Waals surface area contributed by atoms with E-state index in [0.29, 0.717) is 29.2 Å². The average molecular weight is 502 g/mol. The molecule has 1 aromatic carbocycles. The summed E-state index contributed by atoms with van der Waals surface area (Å²) in [5, 5.41) is 6.34. The fourth-order valence-corrected chi connectivity index (χ4v) is 6.52. The number of hydrogen-bond acceptors (Lipinski definition) is 7. The highest BCUT2D eigenvalue weighted by atomic mass is 16.2. The van der Waals surface area contributed by atoms with E-state index in [1.165, 1.54) is 12.8 Å². The minimum absolute atomic E-state index is 0.112. The number of hydrogen-bond donors (Lipinski definition) is 2. The number of rotatable bonds is 6. The molecule has 1 saturated heterocycles. The molecule has 7 rings (SSSR count). The predicted octanol–water partition coefficient (Wildman–Crippen LogP) is 3.00. The van der Waals surface area contributed by atoms with E-state index in [9.17, 15) is 9.59 Å². The summed E-state index contributed by atoms with van der Waals surface area (Å²) >= 11 is 0. The second-order valence-corrected chi connectivity index (χ2v) is 11.1. The van der Waals surface area contributed by atoms with Crippen LogP contribution in [0.4, 0.5) is 23.1 Å². The first-order chi connectivity index (χ1) is 17.9. The second-order valence-electron chi connectivity index (χ2n) is 11.1. The molecule has 0 spiro atoms. The summed E-state index contributed by atoms with van der Waals surface area (Å²) in [5.41, 5.74) is 1.85. The standard InChI is InChI=1S/C28H35N7O2/c1-4-22-27(37)34(3)24-16-29-28(32-25(24)35(22)23-15-17-13-19(23)14-17)31-20-7-5-18(6-8-20)26(36)30-21-9-11-33(2)12-10-21/h5,7,16-17,19,21-23H,4,9-15H2,1-3H3,(H,30,36)(H,29,31,32)/t17?,19?,22-,23?/m1/s1. The lowest BCUT2D eigenvalue weighted by Crippen LogP contribution is -2.56. The second kappa shape index (κ2) is 9.49. The van der Waals surface area contributed by atoms with Crippen LogP contribution in [0.5, 0.6) is 0 Å². The molecule has 2 atom stereocenters. The van der Waals surface area contributed by atoms with Gasteiger partial charge >= 0.3 is 0 Å². The van der Waals surface area contributed by atoms with Crippen LogP contribution in [-0.2, 0) is 4.79 Å². The van der Waals surface area contributed by atoms with Gasteiger partial charge in [-0.2, -0.15) is 4.98 Å². The molecule has 194 valence electrons. The topological polar surface area (TPSA) is 93.7 Å². The SMILES string of the molecule is CC[C@@H]1C(=O)N(C)c2cnc(Nc3c#cc(C(=O)NC4CCN(C)CC4)cc3)nc2N1C1CC2CC1C2. The molecule has 3 aliphatic carbocycles. The van der Waals surface area contributed by atoms with Gasteiger partial charge in [-0.3, -0.25) is 9.59 Å². The van der Waals surface area contributed by atoms with Crippen molar-refractivity contribution in [3.63, 3.8) is 0 Å². The van der Waals surface area contributed by atoms with Crippen molar-refractivity contribution in [3.8, 4) is 0 Å². The Morgan fingerprint density at radius 1 is 1.14 bits per heavy atom. The van der Waals surface area contributed by atoms with Crippen LogP contribution in [0.1, 0.15) is 55.8 Å². The fourth-order valence-electron chi connectivity index (χ4n) is 6.52. The maximum atomic E-state index is 13.2. The zero-order valence-corrected chi connectivity index (χ0v) is 21.8. The third-order valence-corrected chi connectivity index (χ3v) is 8.74. The van der Waals surface area contributed by atoms with Gasteiger partial charge in [-0.05, 0) is 88.7 Å². The van der Waals surface area contributed by atoms with Gasteiger partial charge in [0.05, 0.1) is 17.4 Å². The number of anilines is 4. The summed E-state index contributed by atoms with van der Waals surface area (Å²) in [5.74, 6) is 2.68. The highest BCUT2D eigenvalue weighted by Gasteiger charge is 2.51. The summed E-state index contributed by atoms with van der Waals surface area (Å²) < 4.78 is 0. The van der Waals surface area contributed by atoms with Gasteiger partial charge in [-0.1, -0.05) is 13.0 Å². The van der Waals surface area contributed by atoms with E-state index in [2.05, 4.69) is 51.5 Å². The van der Waals surface area contributed by atoms with Gasteiger partial charge in [0.2, 0.25) is 11.9 Å². The van der Waals surface area contributed by atoms with Crippen LogP contribution in [0.3, 0.4) is 0 Å². The van der Waals surface area contributed by atoms with Gasteiger partial charge < -0.3 is 25.3 Å². The van der Waals surface area contributed by atoms with Gasteiger partial charge in [-0.15, -0.1) is 0 Å². The van der Waals surface area contributed by atoms with Crippen molar-refractivity contribution in [1.82, 2.24) is 20.2 Å². The Balaban J connectivity index is 1.19. The first-order valence-electron chi connectivity index (χ1n) is 13.5. The molecule has 3 saturated carbocycles. The Morgan fingerprint density at radius 2 is 1.92 bits per heavy atom. The Hall–Kier alpha value is -3.38. The lowest BCUT2D eigenvalue weighted by atomic mass is 9.83. The smallest absolute Gasteiger partial charge is 0.260 e. The lowest BCUT2D eigenvalue weighted by Gasteiger charge is -2.44. The first-order valence-corrected chi connectivity index (χ1v) is 13.5. The molecule has 9 nitrogen and oxygen atoms in total. The molecule has 1 aromatic heterocycles. The van der Waals surface area contributed by atoms with Crippen LogP contribution >= 0.6 is 0 Å². The van der Waals surface area contributed by atoms with Crippen molar-refractivity contribution in [2.45, 2.75) is 63.6 Å². The highest BCUT2D eigenvalue weighted by Crippen LogP contribution is 2.53. The third-order valence-electron chi connectivity index (χ3n) is 8.74. The largest absolute Gasteiger partial charge is 0.349 e. The maximum Gasteiger partial charge on any atom is 0.260 e. The van der Waals surface area contributed by atoms with Crippen molar-refractivity contribution in [1.29, 1.82) is 0 Å². The number of nitrogens with zero attached hydrogens (tertiary/aromatic N) is 5. The minimum Gasteiger partial charge on any atom is -0.349 e. The number of carbonyl (C=O) groups is 2. The third kappa shape index (κ3) is 4.37. The number of likely N-dealkylation sites (tertiary alicyclic amines) is 1. The van der Waals surface area contributed by atoms with E-state index < -0.39 is 0 Å². The molecule has 2 aromatic rings. The Labute approximate surface area is 218 Å². The Bertz CT molecular complexity index is 1170. The normalized spacial score (nSPS) is 27.4. The van der Waals surface area contributed by atoms with Crippen LogP contribution in [0.25, 0.3) is 0 Å². The molecule has 4 fully saturated rings. The van der Waals surface area contributed by atoms with Crippen molar-refractivity contribution in [2.24, 2.45) is 11.8 Å². The first kappa shape index (κ1) is 24.0. The molecule has 2 amide bonds. The van der Waals surface area contributed by atoms with Crippen molar-refractivity contribution < 1.29 is 9.59 Å². The number of likely N-dealkylation sites (N-methyl/N-ethyl adjacent to an activating group) is 1. The van der Waals surface area contributed by atoms with E-state index in [1.54, 1.807) is 23.2 Å². The summed E-state index contributed by atoms with van der Waals surface area (Å²) in [6, 6.07) is 9.93. The lowest BCUT2D eigenvalue weighted by molar-refractivity contribution is -0.120. The Morgan fingerprint density at radius 3 is 2.57 bits per heavy atom. The number of amides is 2. The molecule has 2 N–H and O–H groups in total. The van der Waals surface area contributed by atoms with Crippen molar-refractivity contribution in [2.75, 3.05) is 42.3 Å². The molecule has 2 bridgehead atoms. The summed E-state index contributed by atoms with van der Waals surface area (Å²) in [4.78, 5) is 41.5. The monoisotopic (exact) mass is 501 g/mol. The maximum absolute atomic E-state index is 13.2. The van der Waals surface area contributed by atoms with Gasteiger partial charge in [-0.25, -0.2) is 4.98 Å². The van der Waals surface area contributed by atoms with Crippen LogP contribution in [0.15, 0.2) is 18.3 Å². The number of piperidine rings is 1. The van der Waals surface area contributed by atoms with Gasteiger partial charge in [0, 0.05) is 19.1 Å². The number of carbonyl (C=O) groups excluding carboxylic acids is 2. The molecule has 1 unspecified atom stereocenters. The molecular weight excluding hydrogens is 466 g/mol. The quantitative estimate of drug-likeness (QED) is 0.629. The number of nitrogens with one attached hydrogen (secondary N) is 2. The number of fused-ring (bicyclic) bond motifs is 2. The molecule has 2 aliphatic heterocycles. The van der Waals surface area contributed by atoms with E-state index in [-0.39, 0.29) is 23.9 Å². The molecule has 3 heterocycles. The van der Waals surface area contributed by atoms with Crippen LogP contribution in [-0.4, -0.2) is 72.0 Å². The average Bonchev–Trinajstić information content (AvgIpc) is 3.49. The van der Waals surface area contributed by atoms with Crippen LogP contribution < -0.4 is 20.4 Å². The van der Waals surface area contributed by atoms with Crippen LogP contribution in [0.2, 0.25) is 0 Å². The van der Waals surface area contributed by atoms with Crippen molar-refractivity contribution >= 4 is 35.0 Å². The molecular formula is C28H35N7O2. The summed E-state index contributed by atoms with van der Waals surface area (Å²) in [7, 11) is 3.91. The van der Waals surface area contributed by atoms with Gasteiger partial charge in [0.25, 0.3) is 5.91 Å². The summed E-state index contributed by atoms with van der Waals surface area (Å²) in [6.45, 7) is 4.06. The number of aromatic nitrogens is 2. The minimum atomic E-state index is -0.202. The summed E-state index contributed by atoms with van der Waals surface area (Å²) in [6.07, 6.45) is 8.04. The van der Waals surface area contributed by atoms with Gasteiger partial charge in [0.15, 0.2) is 5.82 Å². The highest BCUT2D eigenvalue weighted by molar-refractivity contribution is 6.04. The van der Waals surface area contributed by atoms with Crippen molar-refractivity contribution in [3.05, 3.63) is 36.0 Å². The molecule has 5 aliphatic rings. The predicted molar refractivity (Wildman–Crippen MR) is 142 cm³/mol. The van der Waals surface area contributed by atoms with Gasteiger partial charge in [0.1, 0.15) is 11.7 Å². The van der Waals surface area contributed by atoms with E-state index in [4.69, 9.17) is 4.98 Å².